The zero-order valence-corrected chi connectivity index (χ0v) is 17.7. The summed E-state index contributed by atoms with van der Waals surface area (Å²) >= 11 is 0. The third kappa shape index (κ3) is 6.62. The molecule has 7 nitrogen and oxygen atoms in total. The Bertz CT molecular complexity index is 877. The Morgan fingerprint density at radius 3 is 2.27 bits per heavy atom. The Morgan fingerprint density at radius 1 is 1.00 bits per heavy atom. The first kappa shape index (κ1) is 22.9. The van der Waals surface area contributed by atoms with E-state index >= 15 is 0 Å². The Hall–Kier alpha value is -3.35. The van der Waals surface area contributed by atoms with Gasteiger partial charge in [0.15, 0.2) is 6.61 Å². The summed E-state index contributed by atoms with van der Waals surface area (Å²) in [5.74, 6) is -1.07. The van der Waals surface area contributed by atoms with E-state index in [1.807, 2.05) is 26.0 Å². The lowest BCUT2D eigenvalue weighted by Gasteiger charge is -2.21. The number of anilines is 1. The van der Waals surface area contributed by atoms with Crippen LogP contribution in [0.3, 0.4) is 0 Å². The number of nitrogens with one attached hydrogen (secondary N) is 2. The van der Waals surface area contributed by atoms with E-state index in [1.54, 1.807) is 50.2 Å². The van der Waals surface area contributed by atoms with Crippen molar-refractivity contribution in [2.24, 2.45) is 5.92 Å². The highest BCUT2D eigenvalue weighted by molar-refractivity contribution is 5.97. The topological polar surface area (TPSA) is 93.7 Å². The molecule has 30 heavy (non-hydrogen) atoms. The molecular weight excluding hydrogens is 384 g/mol. The third-order valence-corrected chi connectivity index (χ3v) is 4.40. The molecule has 0 bridgehead atoms. The number of ether oxygens (including phenoxy) is 2. The van der Waals surface area contributed by atoms with E-state index in [0.29, 0.717) is 23.6 Å². The van der Waals surface area contributed by atoms with Crippen LogP contribution < -0.4 is 15.4 Å². The van der Waals surface area contributed by atoms with Gasteiger partial charge < -0.3 is 20.1 Å². The van der Waals surface area contributed by atoms with Gasteiger partial charge in [-0.15, -0.1) is 0 Å². The van der Waals surface area contributed by atoms with Gasteiger partial charge in [0.05, 0.1) is 6.61 Å². The Morgan fingerprint density at radius 2 is 1.67 bits per heavy atom. The van der Waals surface area contributed by atoms with E-state index < -0.39 is 30.4 Å². The van der Waals surface area contributed by atoms with E-state index in [4.69, 9.17) is 9.47 Å². The minimum absolute atomic E-state index is 0.219. The van der Waals surface area contributed by atoms with Crippen LogP contribution in [-0.4, -0.2) is 37.0 Å². The lowest BCUT2D eigenvalue weighted by Crippen LogP contribution is -2.45. The number of carbonyl (C=O) groups is 3. The number of rotatable bonds is 9. The smallest absolute Gasteiger partial charge is 0.329 e. The molecule has 2 amide bonds. The van der Waals surface area contributed by atoms with E-state index in [0.717, 1.165) is 5.56 Å². The van der Waals surface area contributed by atoms with Crippen molar-refractivity contribution in [3.05, 3.63) is 59.7 Å². The number of benzene rings is 2. The van der Waals surface area contributed by atoms with Crippen molar-refractivity contribution in [2.45, 2.75) is 33.7 Å². The van der Waals surface area contributed by atoms with Crippen molar-refractivity contribution in [1.29, 1.82) is 0 Å². The maximum absolute atomic E-state index is 12.5. The zero-order chi connectivity index (χ0) is 22.1. The molecule has 0 saturated carbocycles. The van der Waals surface area contributed by atoms with Gasteiger partial charge in [-0.2, -0.15) is 0 Å². The van der Waals surface area contributed by atoms with Gasteiger partial charge in [-0.05, 0) is 55.7 Å². The fourth-order valence-electron chi connectivity index (χ4n) is 2.72. The van der Waals surface area contributed by atoms with E-state index in [2.05, 4.69) is 10.6 Å². The summed E-state index contributed by atoms with van der Waals surface area (Å²) < 4.78 is 10.5. The molecule has 0 unspecified atom stereocenters. The average molecular weight is 412 g/mol. The molecule has 0 saturated heterocycles. The van der Waals surface area contributed by atoms with Gasteiger partial charge in [-0.3, -0.25) is 9.59 Å². The fraction of sp³-hybridized carbons (Fsp3) is 0.348. The molecule has 2 rings (SSSR count). The monoisotopic (exact) mass is 412 g/mol. The molecule has 2 aromatic rings. The Balaban J connectivity index is 1.93. The standard InChI is InChI=1S/C23H28N2O5/c1-5-29-18-12-10-17(11-13-18)22(27)25-21(15(2)3)23(28)30-14-20(26)24-19-9-7-6-8-16(19)4/h6-13,15,21H,5,14H2,1-4H3,(H,24,26)(H,25,27)/t21-/m0/s1. The number of amides is 2. The fourth-order valence-corrected chi connectivity index (χ4v) is 2.72. The van der Waals surface area contributed by atoms with Gasteiger partial charge in [-0.25, -0.2) is 4.79 Å². The van der Waals surface area contributed by atoms with Crippen molar-refractivity contribution in [2.75, 3.05) is 18.5 Å². The van der Waals surface area contributed by atoms with Crippen LogP contribution in [0.15, 0.2) is 48.5 Å². The van der Waals surface area contributed by atoms with Gasteiger partial charge in [0.1, 0.15) is 11.8 Å². The summed E-state index contributed by atoms with van der Waals surface area (Å²) in [7, 11) is 0. The highest BCUT2D eigenvalue weighted by atomic mass is 16.5. The Kier molecular flexibility index (Phi) is 8.41. The molecule has 160 valence electrons. The normalized spacial score (nSPS) is 11.5. The highest BCUT2D eigenvalue weighted by Crippen LogP contribution is 2.14. The van der Waals surface area contributed by atoms with Gasteiger partial charge in [0, 0.05) is 11.3 Å². The van der Waals surface area contributed by atoms with Crippen molar-refractivity contribution in [1.82, 2.24) is 5.32 Å². The van der Waals surface area contributed by atoms with Crippen molar-refractivity contribution >= 4 is 23.5 Å². The predicted molar refractivity (Wildman–Crippen MR) is 114 cm³/mol. The van der Waals surface area contributed by atoms with E-state index in [-0.39, 0.29) is 5.92 Å². The van der Waals surface area contributed by atoms with E-state index in [1.165, 1.54) is 0 Å². The second-order valence-corrected chi connectivity index (χ2v) is 7.12. The quantitative estimate of drug-likeness (QED) is 0.616. The van der Waals surface area contributed by atoms with Crippen LogP contribution in [0.2, 0.25) is 0 Å². The molecule has 0 heterocycles. The summed E-state index contributed by atoms with van der Waals surface area (Å²) in [4.78, 5) is 37.1. The first-order valence-electron chi connectivity index (χ1n) is 9.87. The molecular formula is C23H28N2O5. The lowest BCUT2D eigenvalue weighted by atomic mass is 10.0. The third-order valence-electron chi connectivity index (χ3n) is 4.40. The summed E-state index contributed by atoms with van der Waals surface area (Å²) in [6.07, 6.45) is 0. The van der Waals surface area contributed by atoms with Gasteiger partial charge in [-0.1, -0.05) is 32.0 Å². The molecule has 0 aromatic heterocycles. The van der Waals surface area contributed by atoms with Crippen molar-refractivity contribution < 1.29 is 23.9 Å². The largest absolute Gasteiger partial charge is 0.494 e. The van der Waals surface area contributed by atoms with Crippen LogP contribution in [-0.2, 0) is 14.3 Å². The van der Waals surface area contributed by atoms with Crippen LogP contribution in [0, 0.1) is 12.8 Å². The maximum Gasteiger partial charge on any atom is 0.329 e. The highest BCUT2D eigenvalue weighted by Gasteiger charge is 2.26. The zero-order valence-electron chi connectivity index (χ0n) is 17.7. The Labute approximate surface area is 176 Å². The minimum atomic E-state index is -0.879. The van der Waals surface area contributed by atoms with Crippen LogP contribution in [0.5, 0.6) is 5.75 Å². The molecule has 0 aliphatic carbocycles. The molecule has 2 aromatic carbocycles. The summed E-state index contributed by atoms with van der Waals surface area (Å²) in [5.41, 5.74) is 1.96. The molecule has 0 fully saturated rings. The number of esters is 1. The van der Waals surface area contributed by atoms with Crippen LogP contribution in [0.4, 0.5) is 5.69 Å². The number of aryl methyl sites for hydroxylation is 1. The first-order chi connectivity index (χ1) is 14.3. The number of carbonyl (C=O) groups excluding carboxylic acids is 3. The second kappa shape index (κ2) is 11.0. The molecule has 1 atom stereocenters. The summed E-state index contributed by atoms with van der Waals surface area (Å²) in [6, 6.07) is 13.1. The van der Waals surface area contributed by atoms with Gasteiger partial charge >= 0.3 is 5.97 Å². The summed E-state index contributed by atoms with van der Waals surface area (Å²) in [5, 5.41) is 5.38. The molecule has 0 spiro atoms. The van der Waals surface area contributed by atoms with Gasteiger partial charge in [0.2, 0.25) is 0 Å². The number of hydrogen-bond acceptors (Lipinski definition) is 5. The summed E-state index contributed by atoms with van der Waals surface area (Å²) in [6.45, 7) is 7.42. The van der Waals surface area contributed by atoms with E-state index in [9.17, 15) is 14.4 Å². The predicted octanol–water partition coefficient (Wildman–Crippen LogP) is 3.33. The average Bonchev–Trinajstić information content (AvgIpc) is 2.72. The lowest BCUT2D eigenvalue weighted by molar-refractivity contribution is -0.150. The molecule has 7 heteroatoms. The molecule has 0 aliphatic rings. The van der Waals surface area contributed by atoms with Crippen molar-refractivity contribution in [3.63, 3.8) is 0 Å². The van der Waals surface area contributed by atoms with Crippen LogP contribution in [0.1, 0.15) is 36.7 Å². The molecule has 2 N–H and O–H groups in total. The SMILES string of the molecule is CCOc1ccc(C(=O)N[C@H](C(=O)OCC(=O)Nc2ccccc2C)C(C)C)cc1. The maximum atomic E-state index is 12.5. The number of para-hydroxylation sites is 1. The molecule has 0 aliphatic heterocycles. The van der Waals surface area contributed by atoms with Crippen LogP contribution in [0.25, 0.3) is 0 Å². The molecule has 0 radical (unpaired) electrons. The van der Waals surface area contributed by atoms with Gasteiger partial charge in [0.25, 0.3) is 11.8 Å². The second-order valence-electron chi connectivity index (χ2n) is 7.12. The number of hydrogen-bond donors (Lipinski definition) is 2. The first-order valence-corrected chi connectivity index (χ1v) is 9.87. The minimum Gasteiger partial charge on any atom is -0.494 e. The van der Waals surface area contributed by atoms with Crippen LogP contribution >= 0.6 is 0 Å². The van der Waals surface area contributed by atoms with Crippen molar-refractivity contribution in [3.8, 4) is 5.75 Å².